The number of benzene rings is 3. The van der Waals surface area contributed by atoms with E-state index >= 15 is 0 Å². The molecule has 0 aromatic heterocycles. The SMILES string of the molecule is CCC(=O)Nc1ccc(N2CCN(C(=O)c3ccccc3F)CC2)c(C(=O)N(C)Cc2ccccc2)c1. The zero-order valence-electron chi connectivity index (χ0n) is 21.1. The summed E-state index contributed by atoms with van der Waals surface area (Å²) in [6.45, 7) is 3.98. The molecule has 0 saturated carbocycles. The zero-order chi connectivity index (χ0) is 26.4. The summed E-state index contributed by atoms with van der Waals surface area (Å²) in [4.78, 5) is 43.8. The minimum atomic E-state index is -0.533. The minimum Gasteiger partial charge on any atom is -0.367 e. The van der Waals surface area contributed by atoms with Crippen LogP contribution in [0.3, 0.4) is 0 Å². The maximum absolute atomic E-state index is 14.1. The molecule has 0 radical (unpaired) electrons. The van der Waals surface area contributed by atoms with Crippen LogP contribution in [0.15, 0.2) is 72.8 Å². The molecule has 192 valence electrons. The molecule has 1 aliphatic heterocycles. The summed E-state index contributed by atoms with van der Waals surface area (Å²) in [5, 5.41) is 2.83. The van der Waals surface area contributed by atoms with Gasteiger partial charge in [-0.15, -0.1) is 0 Å². The number of amides is 3. The lowest BCUT2D eigenvalue weighted by Crippen LogP contribution is -2.49. The molecule has 0 aliphatic carbocycles. The molecule has 0 bridgehead atoms. The Labute approximate surface area is 216 Å². The Morgan fingerprint density at radius 1 is 0.892 bits per heavy atom. The van der Waals surface area contributed by atoms with Crippen LogP contribution in [0.4, 0.5) is 15.8 Å². The van der Waals surface area contributed by atoms with Crippen LogP contribution in [0.2, 0.25) is 0 Å². The van der Waals surface area contributed by atoms with Gasteiger partial charge in [-0.05, 0) is 35.9 Å². The Kier molecular flexibility index (Phi) is 8.18. The summed E-state index contributed by atoms with van der Waals surface area (Å²) in [6, 6.07) is 21.0. The van der Waals surface area contributed by atoms with Crippen LogP contribution < -0.4 is 10.2 Å². The second-order valence-corrected chi connectivity index (χ2v) is 9.04. The van der Waals surface area contributed by atoms with Crippen molar-refractivity contribution in [1.82, 2.24) is 9.80 Å². The molecule has 8 heteroatoms. The largest absolute Gasteiger partial charge is 0.367 e. The fraction of sp³-hybridized carbons (Fsp3) is 0.276. The molecule has 3 aromatic rings. The maximum Gasteiger partial charge on any atom is 0.256 e. The summed E-state index contributed by atoms with van der Waals surface area (Å²) in [6.07, 6.45) is 0.330. The lowest BCUT2D eigenvalue weighted by molar-refractivity contribution is -0.115. The molecular weight excluding hydrogens is 471 g/mol. The average molecular weight is 503 g/mol. The fourth-order valence-corrected chi connectivity index (χ4v) is 4.40. The molecule has 4 rings (SSSR count). The lowest BCUT2D eigenvalue weighted by atomic mass is 10.1. The van der Waals surface area contributed by atoms with Crippen LogP contribution in [0, 0.1) is 5.82 Å². The molecule has 1 N–H and O–H groups in total. The van der Waals surface area contributed by atoms with Crippen LogP contribution >= 0.6 is 0 Å². The number of halogens is 1. The van der Waals surface area contributed by atoms with Crippen molar-refractivity contribution in [2.45, 2.75) is 19.9 Å². The number of hydrogen-bond acceptors (Lipinski definition) is 4. The maximum atomic E-state index is 14.1. The Bertz CT molecular complexity index is 1270. The van der Waals surface area contributed by atoms with Gasteiger partial charge in [0.1, 0.15) is 5.82 Å². The smallest absolute Gasteiger partial charge is 0.256 e. The van der Waals surface area contributed by atoms with Gasteiger partial charge < -0.3 is 20.0 Å². The lowest BCUT2D eigenvalue weighted by Gasteiger charge is -2.37. The molecule has 0 spiro atoms. The Hall–Kier alpha value is -4.20. The highest BCUT2D eigenvalue weighted by Gasteiger charge is 2.27. The van der Waals surface area contributed by atoms with E-state index in [0.29, 0.717) is 50.4 Å². The van der Waals surface area contributed by atoms with Gasteiger partial charge in [0, 0.05) is 57.6 Å². The summed E-state index contributed by atoms with van der Waals surface area (Å²) in [5.74, 6) is -1.18. The van der Waals surface area contributed by atoms with Gasteiger partial charge in [-0.3, -0.25) is 14.4 Å². The predicted octanol–water partition coefficient (Wildman–Crippen LogP) is 4.41. The molecule has 1 saturated heterocycles. The van der Waals surface area contributed by atoms with Crippen molar-refractivity contribution in [3.63, 3.8) is 0 Å². The Morgan fingerprint density at radius 3 is 2.24 bits per heavy atom. The minimum absolute atomic E-state index is 0.0605. The first-order valence-corrected chi connectivity index (χ1v) is 12.4. The first-order valence-electron chi connectivity index (χ1n) is 12.4. The average Bonchev–Trinajstić information content (AvgIpc) is 2.93. The van der Waals surface area contributed by atoms with Crippen molar-refractivity contribution in [1.29, 1.82) is 0 Å². The van der Waals surface area contributed by atoms with E-state index in [2.05, 4.69) is 10.2 Å². The first-order chi connectivity index (χ1) is 17.9. The summed E-state index contributed by atoms with van der Waals surface area (Å²) in [7, 11) is 1.75. The highest BCUT2D eigenvalue weighted by molar-refractivity contribution is 6.02. The molecule has 1 aliphatic rings. The van der Waals surface area contributed by atoms with Crippen molar-refractivity contribution in [2.24, 2.45) is 0 Å². The van der Waals surface area contributed by atoms with Gasteiger partial charge in [-0.1, -0.05) is 49.4 Å². The number of hydrogen-bond donors (Lipinski definition) is 1. The van der Waals surface area contributed by atoms with Crippen molar-refractivity contribution < 1.29 is 18.8 Å². The molecule has 3 aromatic carbocycles. The molecular formula is C29H31FN4O3. The van der Waals surface area contributed by atoms with E-state index < -0.39 is 5.82 Å². The van der Waals surface area contributed by atoms with Crippen LogP contribution in [0.25, 0.3) is 0 Å². The topological polar surface area (TPSA) is 73.0 Å². The van der Waals surface area contributed by atoms with E-state index in [0.717, 1.165) is 11.3 Å². The zero-order valence-corrected chi connectivity index (χ0v) is 21.1. The predicted molar refractivity (Wildman–Crippen MR) is 142 cm³/mol. The number of carbonyl (C=O) groups excluding carboxylic acids is 3. The standard InChI is InChI=1S/C29H31FN4O3/c1-3-27(35)31-22-13-14-26(24(19-22)28(36)32(2)20-21-9-5-4-6-10-21)33-15-17-34(18-16-33)29(37)23-11-7-8-12-25(23)30/h4-14,19H,3,15-18,20H2,1-2H3,(H,31,35). The third-order valence-electron chi connectivity index (χ3n) is 6.45. The highest BCUT2D eigenvalue weighted by atomic mass is 19.1. The van der Waals surface area contributed by atoms with Crippen LogP contribution in [-0.4, -0.2) is 60.7 Å². The van der Waals surface area contributed by atoms with Crippen molar-refractivity contribution in [3.05, 3.63) is 95.3 Å². The Morgan fingerprint density at radius 2 is 1.57 bits per heavy atom. The second kappa shape index (κ2) is 11.7. The number of carbonyl (C=O) groups is 3. The van der Waals surface area contributed by atoms with E-state index in [1.165, 1.54) is 12.1 Å². The summed E-state index contributed by atoms with van der Waals surface area (Å²) < 4.78 is 14.1. The van der Waals surface area contributed by atoms with Gasteiger partial charge in [0.15, 0.2) is 0 Å². The monoisotopic (exact) mass is 502 g/mol. The second-order valence-electron chi connectivity index (χ2n) is 9.04. The van der Waals surface area contributed by atoms with Crippen molar-refractivity contribution in [2.75, 3.05) is 43.4 Å². The van der Waals surface area contributed by atoms with Gasteiger partial charge >= 0.3 is 0 Å². The molecule has 1 fully saturated rings. The number of nitrogens with one attached hydrogen (secondary N) is 1. The van der Waals surface area contributed by atoms with E-state index in [1.54, 1.807) is 48.0 Å². The molecule has 0 unspecified atom stereocenters. The third-order valence-corrected chi connectivity index (χ3v) is 6.45. The first kappa shape index (κ1) is 25.9. The summed E-state index contributed by atoms with van der Waals surface area (Å²) >= 11 is 0. The van der Waals surface area contributed by atoms with E-state index in [1.807, 2.05) is 36.4 Å². The van der Waals surface area contributed by atoms with Gasteiger partial charge in [0.25, 0.3) is 11.8 Å². The fourth-order valence-electron chi connectivity index (χ4n) is 4.40. The van der Waals surface area contributed by atoms with Crippen LogP contribution in [0.5, 0.6) is 0 Å². The number of anilines is 2. The molecule has 3 amide bonds. The Balaban J connectivity index is 1.54. The molecule has 37 heavy (non-hydrogen) atoms. The molecule has 0 atom stereocenters. The van der Waals surface area contributed by atoms with Gasteiger partial charge in [0.2, 0.25) is 5.91 Å². The highest BCUT2D eigenvalue weighted by Crippen LogP contribution is 2.28. The number of rotatable bonds is 7. The number of nitrogens with zero attached hydrogens (tertiary/aromatic N) is 3. The van der Waals surface area contributed by atoms with Gasteiger partial charge in [0.05, 0.1) is 11.1 Å². The van der Waals surface area contributed by atoms with Crippen LogP contribution in [0.1, 0.15) is 39.6 Å². The van der Waals surface area contributed by atoms with Gasteiger partial charge in [-0.2, -0.15) is 0 Å². The molecule has 1 heterocycles. The van der Waals surface area contributed by atoms with E-state index in [-0.39, 0.29) is 23.3 Å². The normalized spacial score (nSPS) is 13.3. The van der Waals surface area contributed by atoms with Crippen LogP contribution in [-0.2, 0) is 11.3 Å². The van der Waals surface area contributed by atoms with E-state index in [4.69, 9.17) is 0 Å². The third kappa shape index (κ3) is 6.14. The van der Waals surface area contributed by atoms with E-state index in [9.17, 15) is 18.8 Å². The van der Waals surface area contributed by atoms with Crippen molar-refractivity contribution >= 4 is 29.1 Å². The quantitative estimate of drug-likeness (QED) is 0.520. The molecule has 7 nitrogen and oxygen atoms in total. The number of piperazine rings is 1. The van der Waals surface area contributed by atoms with Gasteiger partial charge in [-0.25, -0.2) is 4.39 Å². The van der Waals surface area contributed by atoms with Crippen molar-refractivity contribution in [3.8, 4) is 0 Å². The summed E-state index contributed by atoms with van der Waals surface area (Å²) in [5.41, 5.74) is 2.83.